The van der Waals surface area contributed by atoms with Gasteiger partial charge in [0.05, 0.1) is 23.3 Å². The molecule has 8 nitrogen and oxygen atoms in total. The van der Waals surface area contributed by atoms with E-state index in [0.717, 1.165) is 31.9 Å². The number of tetrazole rings is 1. The lowest BCUT2D eigenvalue weighted by Crippen LogP contribution is -2.11. The van der Waals surface area contributed by atoms with Crippen molar-refractivity contribution in [3.05, 3.63) is 35.7 Å². The first-order valence-corrected chi connectivity index (χ1v) is 10.6. The van der Waals surface area contributed by atoms with Crippen molar-refractivity contribution in [3.63, 3.8) is 0 Å². The lowest BCUT2D eigenvalue weighted by Gasteiger charge is -2.13. The number of rotatable bonds is 5. The van der Waals surface area contributed by atoms with E-state index in [2.05, 4.69) is 15.5 Å². The van der Waals surface area contributed by atoms with Crippen LogP contribution in [0.5, 0.6) is 0 Å². The van der Waals surface area contributed by atoms with E-state index >= 15 is 0 Å². The molecule has 0 unspecified atom stereocenters. The van der Waals surface area contributed by atoms with Gasteiger partial charge >= 0.3 is 5.97 Å². The van der Waals surface area contributed by atoms with Crippen LogP contribution in [0.3, 0.4) is 0 Å². The Kier molecular flexibility index (Phi) is 5.41. The molecule has 1 aromatic carbocycles. The number of hydrogen-bond acceptors (Lipinski definition) is 7. The van der Waals surface area contributed by atoms with E-state index in [9.17, 15) is 13.2 Å². The quantitative estimate of drug-likeness (QED) is 0.569. The van der Waals surface area contributed by atoms with Gasteiger partial charge in [0, 0.05) is 6.26 Å². The number of ether oxygens (including phenoxy) is 1. The Balaban J connectivity index is 2.15. The maximum absolute atomic E-state index is 12.4. The lowest BCUT2D eigenvalue weighted by molar-refractivity contribution is -0.133. The van der Waals surface area contributed by atoms with E-state index in [1.165, 1.54) is 17.9 Å². The maximum atomic E-state index is 12.4. The number of aromatic nitrogens is 4. The standard InChI is InChI=1S/C18H22N4O4S/c1-12-19-20-21-22(12)16-9-8-14(11-17(16)27(3,24)25)15(18(23)26-2)10-13-6-4-5-7-13/h8-11,13H,4-7H2,1-3H3. The molecule has 1 saturated carbocycles. The van der Waals surface area contributed by atoms with Crippen LogP contribution >= 0.6 is 0 Å². The van der Waals surface area contributed by atoms with Crippen molar-refractivity contribution in [2.75, 3.05) is 13.4 Å². The van der Waals surface area contributed by atoms with Crippen LogP contribution in [0.25, 0.3) is 11.3 Å². The van der Waals surface area contributed by atoms with Crippen molar-refractivity contribution in [1.82, 2.24) is 20.2 Å². The summed E-state index contributed by atoms with van der Waals surface area (Å²) >= 11 is 0. The zero-order valence-electron chi connectivity index (χ0n) is 15.5. The molecule has 0 saturated heterocycles. The van der Waals surface area contributed by atoms with Crippen LogP contribution in [0.2, 0.25) is 0 Å². The second-order valence-electron chi connectivity index (χ2n) is 6.71. The van der Waals surface area contributed by atoms with Crippen molar-refractivity contribution >= 4 is 21.4 Å². The molecule has 0 bridgehead atoms. The van der Waals surface area contributed by atoms with Gasteiger partial charge in [0.2, 0.25) is 0 Å². The van der Waals surface area contributed by atoms with Crippen molar-refractivity contribution in [1.29, 1.82) is 0 Å². The second kappa shape index (κ2) is 7.59. The Morgan fingerprint density at radius 2 is 2.00 bits per heavy atom. The zero-order valence-corrected chi connectivity index (χ0v) is 16.4. The molecular weight excluding hydrogens is 368 g/mol. The van der Waals surface area contributed by atoms with Gasteiger partial charge in [0.1, 0.15) is 0 Å². The third kappa shape index (κ3) is 4.08. The van der Waals surface area contributed by atoms with Gasteiger partial charge in [-0.05, 0) is 53.8 Å². The molecule has 0 radical (unpaired) electrons. The number of allylic oxidation sites excluding steroid dienone is 1. The molecule has 0 N–H and O–H groups in total. The summed E-state index contributed by atoms with van der Waals surface area (Å²) in [7, 11) is -2.27. The molecule has 1 aliphatic carbocycles. The van der Waals surface area contributed by atoms with Crippen LogP contribution in [0.1, 0.15) is 37.1 Å². The van der Waals surface area contributed by atoms with Crippen molar-refractivity contribution < 1.29 is 17.9 Å². The smallest absolute Gasteiger partial charge is 0.338 e. The second-order valence-corrected chi connectivity index (χ2v) is 8.69. The number of hydrogen-bond donors (Lipinski definition) is 0. The summed E-state index contributed by atoms with van der Waals surface area (Å²) in [6.45, 7) is 1.68. The molecule has 1 heterocycles. The minimum absolute atomic E-state index is 0.0524. The predicted molar refractivity (Wildman–Crippen MR) is 99.0 cm³/mol. The molecule has 27 heavy (non-hydrogen) atoms. The van der Waals surface area contributed by atoms with E-state index < -0.39 is 15.8 Å². The Labute approximate surface area is 158 Å². The molecule has 3 rings (SSSR count). The zero-order chi connectivity index (χ0) is 19.6. The fourth-order valence-corrected chi connectivity index (χ4v) is 4.24. The number of carbonyl (C=O) groups is 1. The fraction of sp³-hybridized carbons (Fsp3) is 0.444. The minimum Gasteiger partial charge on any atom is -0.465 e. The molecule has 1 aromatic heterocycles. The van der Waals surface area contributed by atoms with Gasteiger partial charge in [0.15, 0.2) is 15.7 Å². The van der Waals surface area contributed by atoms with Crippen molar-refractivity contribution in [3.8, 4) is 5.69 Å². The van der Waals surface area contributed by atoms with Crippen LogP contribution in [0.4, 0.5) is 0 Å². The molecule has 144 valence electrons. The number of benzene rings is 1. The summed E-state index contributed by atoms with van der Waals surface area (Å²) in [6, 6.07) is 4.80. The fourth-order valence-electron chi connectivity index (χ4n) is 3.36. The average molecular weight is 390 g/mol. The number of sulfone groups is 1. The number of nitrogens with zero attached hydrogens (tertiary/aromatic N) is 4. The summed E-state index contributed by atoms with van der Waals surface area (Å²) in [5.41, 5.74) is 1.23. The first-order chi connectivity index (χ1) is 12.8. The van der Waals surface area contributed by atoms with E-state index in [-0.39, 0.29) is 4.90 Å². The SMILES string of the molecule is COC(=O)C(=CC1CCCC1)c1ccc(-n2nnnc2C)c(S(C)(=O)=O)c1. The Bertz CT molecular complexity index is 989. The summed E-state index contributed by atoms with van der Waals surface area (Å²) in [6.07, 6.45) is 7.31. The molecule has 0 amide bonds. The predicted octanol–water partition coefficient (Wildman–Crippen LogP) is 2.12. The molecule has 2 aromatic rings. The van der Waals surface area contributed by atoms with Crippen LogP contribution in [0.15, 0.2) is 29.2 Å². The third-order valence-corrected chi connectivity index (χ3v) is 5.86. The first kappa shape index (κ1) is 19.2. The van der Waals surface area contributed by atoms with Crippen molar-refractivity contribution in [2.45, 2.75) is 37.5 Å². The van der Waals surface area contributed by atoms with Crippen LogP contribution in [-0.4, -0.2) is 48.0 Å². The van der Waals surface area contributed by atoms with E-state index in [1.807, 2.05) is 6.08 Å². The molecular formula is C18H22N4O4S. The summed E-state index contributed by atoms with van der Waals surface area (Å²) in [5, 5.41) is 11.2. The van der Waals surface area contributed by atoms with Gasteiger partial charge < -0.3 is 4.74 Å². The summed E-state index contributed by atoms with van der Waals surface area (Å²) < 4.78 is 31.1. The Morgan fingerprint density at radius 1 is 1.30 bits per heavy atom. The number of aryl methyl sites for hydroxylation is 1. The average Bonchev–Trinajstić information content (AvgIpc) is 3.29. The van der Waals surface area contributed by atoms with E-state index in [0.29, 0.717) is 28.6 Å². The highest BCUT2D eigenvalue weighted by Gasteiger charge is 2.23. The number of esters is 1. The van der Waals surface area contributed by atoms with Crippen LogP contribution < -0.4 is 0 Å². The van der Waals surface area contributed by atoms with Crippen LogP contribution in [0, 0.1) is 12.8 Å². The van der Waals surface area contributed by atoms with Gasteiger partial charge in [-0.1, -0.05) is 25.0 Å². The Hall–Kier alpha value is -2.55. The highest BCUT2D eigenvalue weighted by atomic mass is 32.2. The largest absolute Gasteiger partial charge is 0.465 e. The third-order valence-electron chi connectivity index (χ3n) is 4.73. The molecule has 0 atom stereocenters. The molecule has 1 aliphatic rings. The molecule has 0 aliphatic heterocycles. The number of carbonyl (C=O) groups excluding carboxylic acids is 1. The van der Waals surface area contributed by atoms with Crippen LogP contribution in [-0.2, 0) is 19.4 Å². The summed E-state index contributed by atoms with van der Waals surface area (Å²) in [5.74, 6) is 0.275. The highest BCUT2D eigenvalue weighted by Crippen LogP contribution is 2.31. The minimum atomic E-state index is -3.59. The highest BCUT2D eigenvalue weighted by molar-refractivity contribution is 7.90. The lowest BCUT2D eigenvalue weighted by atomic mass is 9.98. The normalized spacial score (nSPS) is 15.9. The Morgan fingerprint density at radius 3 is 2.56 bits per heavy atom. The topological polar surface area (TPSA) is 104 Å². The van der Waals surface area contributed by atoms with E-state index in [1.54, 1.807) is 19.1 Å². The molecule has 0 spiro atoms. The van der Waals surface area contributed by atoms with Gasteiger partial charge in [-0.25, -0.2) is 13.2 Å². The van der Waals surface area contributed by atoms with Gasteiger partial charge in [-0.2, -0.15) is 4.68 Å². The van der Waals surface area contributed by atoms with Gasteiger partial charge in [0.25, 0.3) is 0 Å². The number of methoxy groups -OCH3 is 1. The van der Waals surface area contributed by atoms with Gasteiger partial charge in [-0.15, -0.1) is 5.10 Å². The van der Waals surface area contributed by atoms with Gasteiger partial charge in [-0.3, -0.25) is 0 Å². The summed E-state index contributed by atoms with van der Waals surface area (Å²) in [4.78, 5) is 12.4. The van der Waals surface area contributed by atoms with Crippen molar-refractivity contribution in [2.24, 2.45) is 5.92 Å². The first-order valence-electron chi connectivity index (χ1n) is 8.71. The molecule has 1 fully saturated rings. The van der Waals surface area contributed by atoms with E-state index in [4.69, 9.17) is 4.74 Å². The monoisotopic (exact) mass is 390 g/mol. The maximum Gasteiger partial charge on any atom is 0.338 e. The molecule has 9 heteroatoms.